The third kappa shape index (κ3) is 2.36. The van der Waals surface area contributed by atoms with E-state index in [9.17, 15) is 15.2 Å². The third-order valence-corrected chi connectivity index (χ3v) is 2.70. The number of aromatic nitrogens is 1. The molecular weight excluding hydrogens is 232 g/mol. The highest BCUT2D eigenvalue weighted by atomic mass is 16.6. The summed E-state index contributed by atoms with van der Waals surface area (Å²) < 4.78 is 0. The number of pyridine rings is 1. The van der Waals surface area contributed by atoms with E-state index in [1.807, 2.05) is 0 Å². The molecule has 0 saturated heterocycles. The lowest BCUT2D eigenvalue weighted by molar-refractivity contribution is -0.517. The molecule has 2 aromatic rings. The summed E-state index contributed by atoms with van der Waals surface area (Å²) in [6.45, 7) is -0.312. The van der Waals surface area contributed by atoms with Crippen LogP contribution >= 0.6 is 0 Å². The summed E-state index contributed by atoms with van der Waals surface area (Å²) in [5.41, 5.74) is 1.34. The summed E-state index contributed by atoms with van der Waals surface area (Å²) in [7, 11) is 0. The van der Waals surface area contributed by atoms with Crippen molar-refractivity contribution in [1.29, 1.82) is 0 Å². The predicted molar refractivity (Wildman–Crippen MR) is 65.4 cm³/mol. The zero-order valence-electron chi connectivity index (χ0n) is 9.56. The summed E-state index contributed by atoms with van der Waals surface area (Å²) in [6.07, 6.45) is 1.51. The molecule has 0 aliphatic rings. The Labute approximate surface area is 104 Å². The molecule has 0 aliphatic heterocycles. The fourth-order valence-electron chi connectivity index (χ4n) is 1.88. The fraction of sp³-hybridized carbons (Fsp3) is 0.154. The zero-order chi connectivity index (χ0) is 13.0. The van der Waals surface area contributed by atoms with Gasteiger partial charge in [-0.15, -0.1) is 0 Å². The molecule has 18 heavy (non-hydrogen) atoms. The number of benzene rings is 1. The molecule has 2 rings (SSSR count). The molecule has 0 amide bonds. The minimum absolute atomic E-state index is 0.312. The molecule has 0 radical (unpaired) electrons. The van der Waals surface area contributed by atoms with E-state index >= 15 is 0 Å². The van der Waals surface area contributed by atoms with Gasteiger partial charge in [-0.2, -0.15) is 0 Å². The smallest absolute Gasteiger partial charge is 0.264 e. The standard InChI is InChI=1S/C13H12N2O3/c16-9-12-11(7-4-8-14-12)13(15(17)18)10-5-2-1-3-6-10/h1-8,13,16H,9H2. The number of nitro groups is 1. The highest BCUT2D eigenvalue weighted by Crippen LogP contribution is 2.26. The highest BCUT2D eigenvalue weighted by molar-refractivity contribution is 5.32. The van der Waals surface area contributed by atoms with Gasteiger partial charge in [-0.1, -0.05) is 30.3 Å². The summed E-state index contributed by atoms with van der Waals surface area (Å²) >= 11 is 0. The first-order valence-corrected chi connectivity index (χ1v) is 5.47. The van der Waals surface area contributed by atoms with Crippen LogP contribution in [-0.2, 0) is 6.61 Å². The number of hydrogen-bond acceptors (Lipinski definition) is 4. The Bertz CT molecular complexity index is 543. The Morgan fingerprint density at radius 3 is 2.56 bits per heavy atom. The largest absolute Gasteiger partial charge is 0.390 e. The average molecular weight is 244 g/mol. The van der Waals surface area contributed by atoms with E-state index in [-0.39, 0.29) is 11.5 Å². The van der Waals surface area contributed by atoms with Crippen LogP contribution in [0.15, 0.2) is 48.7 Å². The second kappa shape index (κ2) is 5.37. The molecule has 92 valence electrons. The normalized spacial score (nSPS) is 12.1. The van der Waals surface area contributed by atoms with Crippen molar-refractivity contribution in [3.8, 4) is 0 Å². The second-order valence-electron chi connectivity index (χ2n) is 3.80. The Balaban J connectivity index is 2.52. The topological polar surface area (TPSA) is 76.3 Å². The van der Waals surface area contributed by atoms with E-state index in [1.165, 1.54) is 6.20 Å². The van der Waals surface area contributed by atoms with Crippen LogP contribution < -0.4 is 0 Å². The van der Waals surface area contributed by atoms with Gasteiger partial charge in [0.15, 0.2) is 0 Å². The number of hydrogen-bond donors (Lipinski definition) is 1. The molecule has 1 aromatic heterocycles. The van der Waals surface area contributed by atoms with Crippen LogP contribution in [0.5, 0.6) is 0 Å². The van der Waals surface area contributed by atoms with Crippen LogP contribution in [0.4, 0.5) is 0 Å². The van der Waals surface area contributed by atoms with Crippen molar-refractivity contribution >= 4 is 0 Å². The highest BCUT2D eigenvalue weighted by Gasteiger charge is 2.27. The quantitative estimate of drug-likeness (QED) is 0.658. The molecule has 0 saturated carbocycles. The molecule has 1 aromatic carbocycles. The van der Waals surface area contributed by atoms with Crippen molar-refractivity contribution in [2.75, 3.05) is 0 Å². The van der Waals surface area contributed by atoms with E-state index in [0.29, 0.717) is 16.8 Å². The lowest BCUT2D eigenvalue weighted by atomic mass is 9.98. The molecule has 1 heterocycles. The van der Waals surface area contributed by atoms with E-state index < -0.39 is 6.04 Å². The summed E-state index contributed by atoms with van der Waals surface area (Å²) in [5.74, 6) is 0. The van der Waals surface area contributed by atoms with Crippen molar-refractivity contribution in [3.63, 3.8) is 0 Å². The molecular formula is C13H12N2O3. The van der Waals surface area contributed by atoms with Gasteiger partial charge in [0.05, 0.1) is 17.9 Å². The lowest BCUT2D eigenvalue weighted by Crippen LogP contribution is -2.15. The Morgan fingerprint density at radius 2 is 1.94 bits per heavy atom. The first-order valence-electron chi connectivity index (χ1n) is 5.47. The van der Waals surface area contributed by atoms with Crippen LogP contribution in [0.3, 0.4) is 0 Å². The van der Waals surface area contributed by atoms with E-state index in [2.05, 4.69) is 4.98 Å². The molecule has 5 nitrogen and oxygen atoms in total. The van der Waals surface area contributed by atoms with Gasteiger partial charge in [-0.25, -0.2) is 0 Å². The molecule has 0 fully saturated rings. The van der Waals surface area contributed by atoms with E-state index in [1.54, 1.807) is 42.5 Å². The number of rotatable bonds is 4. The minimum Gasteiger partial charge on any atom is -0.390 e. The Morgan fingerprint density at radius 1 is 1.22 bits per heavy atom. The molecule has 0 aliphatic carbocycles. The number of nitrogens with zero attached hydrogens (tertiary/aromatic N) is 2. The van der Waals surface area contributed by atoms with Gasteiger partial charge in [0.1, 0.15) is 0 Å². The van der Waals surface area contributed by atoms with Gasteiger partial charge in [0, 0.05) is 16.7 Å². The second-order valence-corrected chi connectivity index (χ2v) is 3.80. The number of aliphatic hydroxyl groups excluding tert-OH is 1. The molecule has 1 N–H and O–H groups in total. The number of aliphatic hydroxyl groups is 1. The first kappa shape index (κ1) is 12.2. The third-order valence-electron chi connectivity index (χ3n) is 2.70. The van der Waals surface area contributed by atoms with Gasteiger partial charge in [0.2, 0.25) is 0 Å². The zero-order valence-corrected chi connectivity index (χ0v) is 9.56. The maximum atomic E-state index is 11.3. The molecule has 5 heteroatoms. The first-order chi connectivity index (χ1) is 8.74. The lowest BCUT2D eigenvalue weighted by Gasteiger charge is -2.12. The van der Waals surface area contributed by atoms with Gasteiger partial charge in [-0.3, -0.25) is 15.1 Å². The molecule has 0 spiro atoms. The van der Waals surface area contributed by atoms with E-state index in [0.717, 1.165) is 0 Å². The molecule has 1 atom stereocenters. The summed E-state index contributed by atoms with van der Waals surface area (Å²) in [4.78, 5) is 14.9. The van der Waals surface area contributed by atoms with Crippen LogP contribution in [-0.4, -0.2) is 15.0 Å². The average Bonchev–Trinajstić information content (AvgIpc) is 2.40. The van der Waals surface area contributed by atoms with Crippen molar-refractivity contribution < 1.29 is 10.0 Å². The monoisotopic (exact) mass is 244 g/mol. The van der Waals surface area contributed by atoms with Crippen molar-refractivity contribution in [2.24, 2.45) is 0 Å². The maximum absolute atomic E-state index is 11.3. The van der Waals surface area contributed by atoms with Crippen molar-refractivity contribution in [2.45, 2.75) is 12.6 Å². The van der Waals surface area contributed by atoms with Crippen molar-refractivity contribution in [3.05, 3.63) is 75.6 Å². The van der Waals surface area contributed by atoms with Gasteiger partial charge in [0.25, 0.3) is 6.04 Å². The fourth-order valence-corrected chi connectivity index (χ4v) is 1.88. The SMILES string of the molecule is O=[N+]([O-])C(c1ccccc1)c1cccnc1CO. The van der Waals surface area contributed by atoms with Crippen LogP contribution in [0.1, 0.15) is 22.9 Å². The predicted octanol–water partition coefficient (Wildman–Crippen LogP) is 1.94. The van der Waals surface area contributed by atoms with Gasteiger partial charge < -0.3 is 5.11 Å². The van der Waals surface area contributed by atoms with Crippen LogP contribution in [0, 0.1) is 10.1 Å². The van der Waals surface area contributed by atoms with Crippen LogP contribution in [0.25, 0.3) is 0 Å². The summed E-state index contributed by atoms with van der Waals surface area (Å²) in [5, 5.41) is 20.5. The minimum atomic E-state index is -0.998. The molecule has 0 bridgehead atoms. The van der Waals surface area contributed by atoms with Crippen molar-refractivity contribution in [1.82, 2.24) is 4.98 Å². The van der Waals surface area contributed by atoms with Gasteiger partial charge in [-0.05, 0) is 12.1 Å². The Kier molecular flexibility index (Phi) is 3.64. The summed E-state index contributed by atoms with van der Waals surface area (Å²) in [6, 6.07) is 11.0. The van der Waals surface area contributed by atoms with Crippen LogP contribution in [0.2, 0.25) is 0 Å². The van der Waals surface area contributed by atoms with E-state index in [4.69, 9.17) is 0 Å². The maximum Gasteiger partial charge on any atom is 0.264 e. The Hall–Kier alpha value is -2.27. The molecule has 1 unspecified atom stereocenters. The van der Waals surface area contributed by atoms with Gasteiger partial charge >= 0.3 is 0 Å².